The van der Waals surface area contributed by atoms with Crippen LogP contribution in [0, 0.1) is 11.8 Å². The molecule has 0 aliphatic rings. The fourth-order valence-electron chi connectivity index (χ4n) is 0.934. The van der Waals surface area contributed by atoms with Crippen LogP contribution in [0.25, 0.3) is 0 Å². The molecular weight excluding hydrogens is 148 g/mol. The maximum Gasteiger partial charge on any atom is 0.0822 e. The molecular formula is C11H19O. The Morgan fingerprint density at radius 2 is 1.58 bits per heavy atom. The quantitative estimate of drug-likeness (QED) is 0.428. The summed E-state index contributed by atoms with van der Waals surface area (Å²) in [6.07, 6.45) is 7.42. The van der Waals surface area contributed by atoms with Crippen LogP contribution in [0.1, 0.15) is 51.9 Å². The summed E-state index contributed by atoms with van der Waals surface area (Å²) in [4.78, 5) is 0. The van der Waals surface area contributed by atoms with Gasteiger partial charge in [0.1, 0.15) is 0 Å². The van der Waals surface area contributed by atoms with Crippen molar-refractivity contribution in [2.75, 3.05) is 6.61 Å². The molecule has 0 aromatic rings. The smallest absolute Gasteiger partial charge is 0.0822 e. The van der Waals surface area contributed by atoms with Crippen LogP contribution < -0.4 is 0 Å². The van der Waals surface area contributed by atoms with Crippen LogP contribution in [0.3, 0.4) is 0 Å². The molecule has 0 unspecified atom stereocenters. The van der Waals surface area contributed by atoms with Crippen LogP contribution in [0.5, 0.6) is 0 Å². The lowest BCUT2D eigenvalue weighted by atomic mass is 10.2. The second-order valence-corrected chi connectivity index (χ2v) is 2.97. The summed E-state index contributed by atoms with van der Waals surface area (Å²) < 4.78 is 0. The van der Waals surface area contributed by atoms with Gasteiger partial charge in [-0.15, -0.1) is 11.8 Å². The number of hydrogen-bond acceptors (Lipinski definition) is 0. The average molecular weight is 167 g/mol. The average Bonchev–Trinajstić information content (AvgIpc) is 2.10. The van der Waals surface area contributed by atoms with Gasteiger partial charge in [-0.25, -0.2) is 5.11 Å². The van der Waals surface area contributed by atoms with Gasteiger partial charge in [-0.1, -0.05) is 19.8 Å². The maximum absolute atomic E-state index is 10.1. The van der Waals surface area contributed by atoms with Crippen molar-refractivity contribution in [3.8, 4) is 11.8 Å². The van der Waals surface area contributed by atoms with Crippen molar-refractivity contribution in [3.05, 3.63) is 0 Å². The van der Waals surface area contributed by atoms with Gasteiger partial charge in [-0.2, -0.15) is 0 Å². The molecule has 1 heteroatoms. The van der Waals surface area contributed by atoms with Gasteiger partial charge in [0.25, 0.3) is 0 Å². The highest BCUT2D eigenvalue weighted by Crippen LogP contribution is 1.98. The summed E-state index contributed by atoms with van der Waals surface area (Å²) in [5.74, 6) is 6.26. The van der Waals surface area contributed by atoms with Crippen molar-refractivity contribution in [1.29, 1.82) is 0 Å². The Balaban J connectivity index is 2.99. The fraction of sp³-hybridized carbons (Fsp3) is 0.818. The molecule has 69 valence electrons. The Labute approximate surface area is 76.2 Å². The van der Waals surface area contributed by atoms with E-state index in [2.05, 4.69) is 18.8 Å². The summed E-state index contributed by atoms with van der Waals surface area (Å²) in [5.41, 5.74) is 0. The van der Waals surface area contributed by atoms with Crippen LogP contribution in [0.2, 0.25) is 0 Å². The lowest BCUT2D eigenvalue weighted by molar-refractivity contribution is 0.186. The molecule has 0 aliphatic carbocycles. The predicted molar refractivity (Wildman–Crippen MR) is 51.3 cm³/mol. The standard InChI is InChI=1S/C11H19O/c1-2-3-4-5-6-7-8-9-10-11-12/h2-4,7-11H2,1H3. The molecule has 0 bridgehead atoms. The van der Waals surface area contributed by atoms with Gasteiger partial charge in [-0.3, -0.25) is 0 Å². The highest BCUT2D eigenvalue weighted by atomic mass is 16.2. The Kier molecular flexibility index (Phi) is 10.1. The minimum absolute atomic E-state index is 0.0727. The third kappa shape index (κ3) is 9.52. The molecule has 12 heavy (non-hydrogen) atoms. The zero-order valence-corrected chi connectivity index (χ0v) is 8.07. The van der Waals surface area contributed by atoms with E-state index in [9.17, 15) is 5.11 Å². The van der Waals surface area contributed by atoms with Gasteiger partial charge >= 0.3 is 0 Å². The van der Waals surface area contributed by atoms with Crippen LogP contribution >= 0.6 is 0 Å². The minimum atomic E-state index is 0.0727. The van der Waals surface area contributed by atoms with Gasteiger partial charge in [0, 0.05) is 12.8 Å². The normalized spacial score (nSPS) is 9.17. The first-order valence-electron chi connectivity index (χ1n) is 4.95. The third-order valence-electron chi connectivity index (χ3n) is 1.73. The van der Waals surface area contributed by atoms with Crippen molar-refractivity contribution < 1.29 is 5.11 Å². The van der Waals surface area contributed by atoms with E-state index in [0.29, 0.717) is 0 Å². The first-order valence-corrected chi connectivity index (χ1v) is 4.95. The lowest BCUT2D eigenvalue weighted by Gasteiger charge is -1.90. The van der Waals surface area contributed by atoms with Gasteiger partial charge in [0.2, 0.25) is 0 Å². The van der Waals surface area contributed by atoms with Crippen LogP contribution in [0.15, 0.2) is 0 Å². The second-order valence-electron chi connectivity index (χ2n) is 2.97. The molecule has 0 spiro atoms. The first-order chi connectivity index (χ1) is 5.91. The summed E-state index contributed by atoms with van der Waals surface area (Å²) in [7, 11) is 0. The molecule has 0 aromatic carbocycles. The van der Waals surface area contributed by atoms with E-state index in [1.165, 1.54) is 12.8 Å². The molecule has 0 rings (SSSR count). The molecule has 0 aliphatic heterocycles. The predicted octanol–water partition coefficient (Wildman–Crippen LogP) is 3.17. The molecule has 0 aromatic heterocycles. The number of hydrogen-bond donors (Lipinski definition) is 0. The van der Waals surface area contributed by atoms with E-state index >= 15 is 0 Å². The topological polar surface area (TPSA) is 19.9 Å². The number of unbranched alkanes of at least 4 members (excludes halogenated alkanes) is 5. The van der Waals surface area contributed by atoms with Crippen LogP contribution in [-0.4, -0.2) is 6.61 Å². The van der Waals surface area contributed by atoms with Crippen molar-refractivity contribution in [2.24, 2.45) is 0 Å². The van der Waals surface area contributed by atoms with Crippen molar-refractivity contribution in [1.82, 2.24) is 0 Å². The first kappa shape index (κ1) is 11.5. The molecule has 0 saturated carbocycles. The monoisotopic (exact) mass is 167 g/mol. The molecule has 0 saturated heterocycles. The van der Waals surface area contributed by atoms with Crippen LogP contribution in [-0.2, 0) is 5.11 Å². The summed E-state index contributed by atoms with van der Waals surface area (Å²) in [6, 6.07) is 0. The highest BCUT2D eigenvalue weighted by molar-refractivity contribution is 4.98. The van der Waals surface area contributed by atoms with Gasteiger partial charge in [-0.05, 0) is 19.3 Å². The summed E-state index contributed by atoms with van der Waals surface area (Å²) in [5, 5.41) is 10.1. The molecule has 0 amide bonds. The minimum Gasteiger partial charge on any atom is -0.237 e. The molecule has 1 nitrogen and oxygen atoms in total. The van der Waals surface area contributed by atoms with E-state index in [-0.39, 0.29) is 6.61 Å². The Bertz CT molecular complexity index is 130. The fourth-order valence-corrected chi connectivity index (χ4v) is 0.934. The van der Waals surface area contributed by atoms with E-state index in [1.807, 2.05) is 0 Å². The Morgan fingerprint density at radius 3 is 2.17 bits per heavy atom. The van der Waals surface area contributed by atoms with Crippen molar-refractivity contribution in [3.63, 3.8) is 0 Å². The van der Waals surface area contributed by atoms with E-state index in [4.69, 9.17) is 0 Å². The van der Waals surface area contributed by atoms with E-state index < -0.39 is 0 Å². The Hall–Kier alpha value is -0.480. The van der Waals surface area contributed by atoms with Crippen LogP contribution in [0.4, 0.5) is 0 Å². The molecule has 0 N–H and O–H groups in total. The molecule has 0 atom stereocenters. The molecule has 1 radical (unpaired) electrons. The summed E-state index contributed by atoms with van der Waals surface area (Å²) >= 11 is 0. The zero-order chi connectivity index (χ0) is 9.07. The second kappa shape index (κ2) is 10.5. The molecule has 0 heterocycles. The van der Waals surface area contributed by atoms with Gasteiger partial charge in [0.05, 0.1) is 6.61 Å². The highest BCUT2D eigenvalue weighted by Gasteiger charge is 1.84. The Morgan fingerprint density at radius 1 is 0.917 bits per heavy atom. The summed E-state index contributed by atoms with van der Waals surface area (Å²) in [6.45, 7) is 2.25. The third-order valence-corrected chi connectivity index (χ3v) is 1.73. The SMILES string of the molecule is CCCCC#CCCCCC[O]. The van der Waals surface area contributed by atoms with E-state index in [1.54, 1.807) is 0 Å². The largest absolute Gasteiger partial charge is 0.237 e. The maximum atomic E-state index is 10.1. The number of rotatable bonds is 6. The van der Waals surface area contributed by atoms with Crippen molar-refractivity contribution in [2.45, 2.75) is 51.9 Å². The van der Waals surface area contributed by atoms with Gasteiger partial charge < -0.3 is 0 Å². The lowest BCUT2D eigenvalue weighted by Crippen LogP contribution is -1.80. The van der Waals surface area contributed by atoms with E-state index in [0.717, 1.165) is 32.1 Å². The van der Waals surface area contributed by atoms with Gasteiger partial charge in [0.15, 0.2) is 0 Å². The van der Waals surface area contributed by atoms with Crippen molar-refractivity contribution >= 4 is 0 Å². The molecule has 0 fully saturated rings. The zero-order valence-electron chi connectivity index (χ0n) is 8.07.